The van der Waals surface area contributed by atoms with Gasteiger partial charge in [0, 0.05) is 31.7 Å². The van der Waals surface area contributed by atoms with Crippen molar-refractivity contribution in [3.05, 3.63) is 54.1 Å². The predicted octanol–water partition coefficient (Wildman–Crippen LogP) is 4.66. The Morgan fingerprint density at radius 2 is 1.81 bits per heavy atom. The van der Waals surface area contributed by atoms with E-state index in [1.807, 2.05) is 42.2 Å². The summed E-state index contributed by atoms with van der Waals surface area (Å²) < 4.78 is 5.32. The molecule has 0 radical (unpaired) electrons. The van der Waals surface area contributed by atoms with Crippen LogP contribution in [0.5, 0.6) is 5.75 Å². The first-order valence-electron chi connectivity index (χ1n) is 10.4. The smallest absolute Gasteiger partial charge is 0.412 e. The number of phenols is 1. The number of phenolic OH excluding ortho intramolecular Hbond substituents is 1. The van der Waals surface area contributed by atoms with Gasteiger partial charge in [-0.25, -0.2) is 4.79 Å². The van der Waals surface area contributed by atoms with Crippen molar-refractivity contribution in [2.75, 3.05) is 16.8 Å². The Balaban J connectivity index is 2.24. The van der Waals surface area contributed by atoms with E-state index < -0.39 is 11.7 Å². The summed E-state index contributed by atoms with van der Waals surface area (Å²) >= 11 is 0. The van der Waals surface area contributed by atoms with Gasteiger partial charge in [0.2, 0.25) is 5.91 Å². The van der Waals surface area contributed by atoms with E-state index in [1.165, 1.54) is 6.92 Å². The van der Waals surface area contributed by atoms with Crippen LogP contribution < -0.4 is 15.5 Å². The SMILES string of the molecule is CC(=O)NC(C)CCN(Cc1ccccc1)c1cc(NC(=O)OC(C)(C)C)ccc1O. The van der Waals surface area contributed by atoms with E-state index in [9.17, 15) is 14.7 Å². The normalized spacial score (nSPS) is 12.0. The average Bonchev–Trinajstić information content (AvgIpc) is 2.65. The summed E-state index contributed by atoms with van der Waals surface area (Å²) in [6.45, 7) is 10.0. The molecular formula is C24H33N3O4. The van der Waals surface area contributed by atoms with Crippen LogP contribution in [0.2, 0.25) is 0 Å². The van der Waals surface area contributed by atoms with Crippen LogP contribution in [0.4, 0.5) is 16.2 Å². The van der Waals surface area contributed by atoms with Crippen molar-refractivity contribution in [2.24, 2.45) is 0 Å². The second kappa shape index (κ2) is 10.7. The molecule has 0 aliphatic carbocycles. The second-order valence-corrected chi connectivity index (χ2v) is 8.63. The summed E-state index contributed by atoms with van der Waals surface area (Å²) in [4.78, 5) is 25.5. The van der Waals surface area contributed by atoms with Crippen molar-refractivity contribution < 1.29 is 19.4 Å². The minimum Gasteiger partial charge on any atom is -0.506 e. The van der Waals surface area contributed by atoms with E-state index in [0.717, 1.165) is 5.56 Å². The molecule has 1 atom stereocenters. The molecule has 3 N–H and O–H groups in total. The molecule has 0 fully saturated rings. The number of nitrogens with one attached hydrogen (secondary N) is 2. The van der Waals surface area contributed by atoms with Crippen molar-refractivity contribution in [2.45, 2.75) is 59.2 Å². The van der Waals surface area contributed by atoms with Crippen molar-refractivity contribution >= 4 is 23.4 Å². The number of amides is 2. The molecule has 2 aromatic carbocycles. The topological polar surface area (TPSA) is 90.9 Å². The van der Waals surface area contributed by atoms with Gasteiger partial charge >= 0.3 is 6.09 Å². The number of nitrogens with zero attached hydrogens (tertiary/aromatic N) is 1. The summed E-state index contributed by atoms with van der Waals surface area (Å²) in [5.74, 6) is 0.0337. The molecule has 7 nitrogen and oxygen atoms in total. The van der Waals surface area contributed by atoms with Gasteiger partial charge in [0.25, 0.3) is 0 Å². The number of hydrogen-bond donors (Lipinski definition) is 3. The third-order valence-corrected chi connectivity index (χ3v) is 4.46. The van der Waals surface area contributed by atoms with Crippen LogP contribution in [0.3, 0.4) is 0 Å². The molecule has 2 aromatic rings. The molecule has 0 spiro atoms. The molecule has 7 heteroatoms. The third-order valence-electron chi connectivity index (χ3n) is 4.46. The monoisotopic (exact) mass is 427 g/mol. The zero-order valence-electron chi connectivity index (χ0n) is 18.9. The maximum Gasteiger partial charge on any atom is 0.412 e. The molecule has 0 aliphatic rings. The minimum absolute atomic E-state index is 0.0130. The number of carbonyl (C=O) groups excluding carboxylic acids is 2. The van der Waals surface area contributed by atoms with E-state index >= 15 is 0 Å². The molecule has 0 aliphatic heterocycles. The molecular weight excluding hydrogens is 394 g/mol. The van der Waals surface area contributed by atoms with Gasteiger partial charge in [-0.15, -0.1) is 0 Å². The van der Waals surface area contributed by atoms with Gasteiger partial charge in [-0.3, -0.25) is 10.1 Å². The van der Waals surface area contributed by atoms with Crippen LogP contribution >= 0.6 is 0 Å². The fourth-order valence-corrected chi connectivity index (χ4v) is 3.13. The molecule has 168 valence electrons. The Hall–Kier alpha value is -3.22. The van der Waals surface area contributed by atoms with E-state index in [1.54, 1.807) is 39.0 Å². The first-order valence-corrected chi connectivity index (χ1v) is 10.4. The fraction of sp³-hybridized carbons (Fsp3) is 0.417. The third kappa shape index (κ3) is 8.58. The summed E-state index contributed by atoms with van der Waals surface area (Å²) in [5.41, 5.74) is 1.59. The highest BCUT2D eigenvalue weighted by atomic mass is 16.6. The van der Waals surface area contributed by atoms with E-state index in [2.05, 4.69) is 10.6 Å². The first kappa shape index (κ1) is 24.1. The Kier molecular flexibility index (Phi) is 8.30. The van der Waals surface area contributed by atoms with Gasteiger partial charge in [0.15, 0.2) is 0 Å². The van der Waals surface area contributed by atoms with Crippen molar-refractivity contribution in [1.82, 2.24) is 5.32 Å². The summed E-state index contributed by atoms with van der Waals surface area (Å²) in [7, 11) is 0. The predicted molar refractivity (Wildman–Crippen MR) is 123 cm³/mol. The van der Waals surface area contributed by atoms with Gasteiger partial charge in [0.05, 0.1) is 5.69 Å². The number of benzene rings is 2. The molecule has 1 unspecified atom stereocenters. The van der Waals surface area contributed by atoms with Gasteiger partial charge in [-0.1, -0.05) is 30.3 Å². The minimum atomic E-state index is -0.608. The Morgan fingerprint density at radius 3 is 2.42 bits per heavy atom. The van der Waals surface area contributed by atoms with E-state index in [-0.39, 0.29) is 17.7 Å². The van der Waals surface area contributed by atoms with Gasteiger partial charge < -0.3 is 20.1 Å². The fourth-order valence-electron chi connectivity index (χ4n) is 3.13. The molecule has 2 rings (SSSR count). The number of carbonyl (C=O) groups is 2. The lowest BCUT2D eigenvalue weighted by Gasteiger charge is -2.28. The van der Waals surface area contributed by atoms with Crippen LogP contribution in [-0.4, -0.2) is 35.3 Å². The first-order chi connectivity index (χ1) is 14.5. The van der Waals surface area contributed by atoms with Crippen LogP contribution in [0.1, 0.15) is 46.6 Å². The summed E-state index contributed by atoms with van der Waals surface area (Å²) in [6.07, 6.45) is 0.133. The van der Waals surface area contributed by atoms with Crippen molar-refractivity contribution in [3.63, 3.8) is 0 Å². The zero-order valence-corrected chi connectivity index (χ0v) is 18.9. The molecule has 0 heterocycles. The lowest BCUT2D eigenvalue weighted by Crippen LogP contribution is -2.34. The second-order valence-electron chi connectivity index (χ2n) is 8.63. The summed E-state index contributed by atoms with van der Waals surface area (Å²) in [5, 5.41) is 16.2. The number of rotatable bonds is 8. The number of hydrogen-bond acceptors (Lipinski definition) is 5. The molecule has 0 aromatic heterocycles. The quantitative estimate of drug-likeness (QED) is 0.533. The molecule has 0 saturated heterocycles. The maximum atomic E-state index is 12.2. The highest BCUT2D eigenvalue weighted by Gasteiger charge is 2.18. The van der Waals surface area contributed by atoms with Crippen molar-refractivity contribution in [3.8, 4) is 5.75 Å². The highest BCUT2D eigenvalue weighted by Crippen LogP contribution is 2.32. The number of anilines is 2. The Bertz CT molecular complexity index is 878. The van der Waals surface area contributed by atoms with E-state index in [0.29, 0.717) is 30.9 Å². The van der Waals surface area contributed by atoms with Gasteiger partial charge in [0.1, 0.15) is 11.4 Å². The lowest BCUT2D eigenvalue weighted by molar-refractivity contribution is -0.119. The van der Waals surface area contributed by atoms with Gasteiger partial charge in [-0.2, -0.15) is 0 Å². The Labute approximate surface area is 184 Å². The number of ether oxygens (including phenoxy) is 1. The molecule has 0 bridgehead atoms. The molecule has 0 saturated carbocycles. The average molecular weight is 428 g/mol. The standard InChI is InChI=1S/C24H33N3O4/c1-17(25-18(2)28)13-14-27(16-19-9-7-6-8-10-19)21-15-20(11-12-22(21)29)26-23(30)31-24(3,4)5/h6-12,15,17,29H,13-14,16H2,1-5H3,(H,25,28)(H,26,30). The molecule has 2 amide bonds. The maximum absolute atomic E-state index is 12.2. The summed E-state index contributed by atoms with van der Waals surface area (Å²) in [6, 6.07) is 14.8. The van der Waals surface area contributed by atoms with E-state index in [4.69, 9.17) is 4.74 Å². The van der Waals surface area contributed by atoms with Crippen LogP contribution in [-0.2, 0) is 16.1 Å². The zero-order chi connectivity index (χ0) is 23.0. The van der Waals surface area contributed by atoms with Crippen LogP contribution in [0.25, 0.3) is 0 Å². The largest absolute Gasteiger partial charge is 0.506 e. The lowest BCUT2D eigenvalue weighted by atomic mass is 10.1. The highest BCUT2D eigenvalue weighted by molar-refractivity contribution is 5.86. The van der Waals surface area contributed by atoms with Crippen LogP contribution in [0, 0.1) is 0 Å². The van der Waals surface area contributed by atoms with Crippen LogP contribution in [0.15, 0.2) is 48.5 Å². The Morgan fingerprint density at radius 1 is 1.13 bits per heavy atom. The number of aromatic hydroxyl groups is 1. The van der Waals surface area contributed by atoms with Gasteiger partial charge in [-0.05, 0) is 57.9 Å². The van der Waals surface area contributed by atoms with Crippen molar-refractivity contribution in [1.29, 1.82) is 0 Å². The molecule has 31 heavy (non-hydrogen) atoms.